The van der Waals surface area contributed by atoms with Crippen molar-refractivity contribution < 1.29 is 15.0 Å². The van der Waals surface area contributed by atoms with Gasteiger partial charge in [0.1, 0.15) is 17.1 Å². The standard InChI is InChI=1S/C25H28ClN3O3/c1-14-12-19(31)17(13-18(14)26)21-20-22(28-27-21)24(32)29(10-5-11-30)23(20)15-6-8-16(9-7-15)25(2,3)4/h6-9,12-13,23,30-31H,5,10-11H2,1-4H3,(H,27,28)/t23-/m0/s1. The van der Waals surface area contributed by atoms with Crippen molar-refractivity contribution in [2.45, 2.75) is 45.6 Å². The summed E-state index contributed by atoms with van der Waals surface area (Å²) in [6.45, 7) is 8.69. The van der Waals surface area contributed by atoms with Crippen LogP contribution in [-0.2, 0) is 5.41 Å². The first kappa shape index (κ1) is 22.4. The molecule has 2 aromatic carbocycles. The van der Waals surface area contributed by atoms with Gasteiger partial charge in [0, 0.05) is 29.3 Å². The summed E-state index contributed by atoms with van der Waals surface area (Å²) in [5, 5.41) is 27.8. The van der Waals surface area contributed by atoms with Gasteiger partial charge >= 0.3 is 0 Å². The monoisotopic (exact) mass is 453 g/mol. The largest absolute Gasteiger partial charge is 0.507 e. The molecule has 0 bridgehead atoms. The third-order valence-corrected chi connectivity index (χ3v) is 6.45. The van der Waals surface area contributed by atoms with Gasteiger partial charge < -0.3 is 15.1 Å². The van der Waals surface area contributed by atoms with Crippen molar-refractivity contribution in [2.24, 2.45) is 0 Å². The van der Waals surface area contributed by atoms with Crippen molar-refractivity contribution in [1.82, 2.24) is 15.1 Å². The molecule has 0 radical (unpaired) electrons. The van der Waals surface area contributed by atoms with E-state index in [0.29, 0.717) is 40.5 Å². The number of aromatic amines is 1. The Balaban J connectivity index is 1.87. The van der Waals surface area contributed by atoms with Gasteiger partial charge in [-0.3, -0.25) is 9.89 Å². The van der Waals surface area contributed by atoms with E-state index in [1.54, 1.807) is 17.0 Å². The predicted octanol–water partition coefficient (Wildman–Crippen LogP) is 4.97. The quantitative estimate of drug-likeness (QED) is 0.508. The Kier molecular flexibility index (Phi) is 5.77. The Bertz CT molecular complexity index is 1160. The van der Waals surface area contributed by atoms with Crippen LogP contribution < -0.4 is 0 Å². The maximum Gasteiger partial charge on any atom is 0.273 e. The van der Waals surface area contributed by atoms with Crippen LogP contribution in [0, 0.1) is 6.92 Å². The Labute approximate surface area is 192 Å². The number of carbonyl (C=O) groups excluding carboxylic acids is 1. The van der Waals surface area contributed by atoms with E-state index < -0.39 is 0 Å². The Morgan fingerprint density at radius 1 is 1.19 bits per heavy atom. The van der Waals surface area contributed by atoms with Crippen molar-refractivity contribution in [2.75, 3.05) is 13.2 Å². The summed E-state index contributed by atoms with van der Waals surface area (Å²) in [4.78, 5) is 15.0. The van der Waals surface area contributed by atoms with Crippen molar-refractivity contribution in [3.05, 3.63) is 69.4 Å². The predicted molar refractivity (Wildman–Crippen MR) is 125 cm³/mol. The van der Waals surface area contributed by atoms with Crippen molar-refractivity contribution in [3.8, 4) is 17.0 Å². The van der Waals surface area contributed by atoms with Crippen LogP contribution in [0.4, 0.5) is 0 Å². The summed E-state index contributed by atoms with van der Waals surface area (Å²) in [5.74, 6) is -0.112. The Morgan fingerprint density at radius 2 is 1.88 bits per heavy atom. The number of carbonyl (C=O) groups is 1. The van der Waals surface area contributed by atoms with E-state index >= 15 is 0 Å². The molecule has 4 rings (SSSR count). The average Bonchev–Trinajstić information content (AvgIpc) is 3.27. The van der Waals surface area contributed by atoms with Crippen molar-refractivity contribution >= 4 is 17.5 Å². The third-order valence-electron chi connectivity index (χ3n) is 6.05. The van der Waals surface area contributed by atoms with Crippen LogP contribution in [-0.4, -0.2) is 44.4 Å². The molecule has 168 valence electrons. The highest BCUT2D eigenvalue weighted by Crippen LogP contribution is 2.45. The number of nitrogens with zero attached hydrogens (tertiary/aromatic N) is 2. The normalized spacial score (nSPS) is 16.0. The van der Waals surface area contributed by atoms with Gasteiger partial charge in [0.05, 0.1) is 6.04 Å². The van der Waals surface area contributed by atoms with Crippen molar-refractivity contribution in [3.63, 3.8) is 0 Å². The van der Waals surface area contributed by atoms with Crippen LogP contribution >= 0.6 is 11.6 Å². The number of halogens is 1. The number of hydrogen-bond acceptors (Lipinski definition) is 4. The molecule has 1 aliphatic heterocycles. The van der Waals surface area contributed by atoms with Crippen molar-refractivity contribution in [1.29, 1.82) is 0 Å². The SMILES string of the molecule is Cc1cc(O)c(-c2n[nH]c3c2[C@H](c2ccc(C(C)(C)C)cc2)N(CCCO)C3=O)cc1Cl. The second-order valence-electron chi connectivity index (χ2n) is 9.33. The molecule has 0 spiro atoms. The number of amides is 1. The molecule has 6 nitrogen and oxygen atoms in total. The number of fused-ring (bicyclic) bond motifs is 1. The number of aryl methyl sites for hydroxylation is 1. The molecule has 1 amide bonds. The first-order valence-corrected chi connectivity index (χ1v) is 11.1. The van der Waals surface area contributed by atoms with E-state index in [9.17, 15) is 15.0 Å². The van der Waals surface area contributed by atoms with Crippen LogP contribution in [0.2, 0.25) is 5.02 Å². The lowest BCUT2D eigenvalue weighted by Crippen LogP contribution is -2.31. The summed E-state index contributed by atoms with van der Waals surface area (Å²) in [7, 11) is 0. The van der Waals surface area contributed by atoms with Crippen LogP contribution in [0.15, 0.2) is 36.4 Å². The highest BCUT2D eigenvalue weighted by molar-refractivity contribution is 6.31. The molecule has 2 heterocycles. The molecule has 0 aliphatic carbocycles. The topological polar surface area (TPSA) is 89.5 Å². The zero-order valence-electron chi connectivity index (χ0n) is 18.7. The first-order chi connectivity index (χ1) is 15.1. The van der Waals surface area contributed by atoms with Gasteiger partial charge in [-0.2, -0.15) is 5.10 Å². The molecule has 3 aromatic rings. The second kappa shape index (κ2) is 8.26. The number of nitrogens with one attached hydrogen (secondary N) is 1. The number of hydrogen-bond donors (Lipinski definition) is 3. The van der Waals surface area contributed by atoms with Crippen LogP contribution in [0.25, 0.3) is 11.3 Å². The van der Waals surface area contributed by atoms with E-state index in [4.69, 9.17) is 11.6 Å². The maximum atomic E-state index is 13.2. The number of aromatic hydroxyl groups is 1. The van der Waals surface area contributed by atoms with Gasteiger partial charge in [-0.25, -0.2) is 0 Å². The van der Waals surface area contributed by atoms with E-state index in [1.807, 2.05) is 19.1 Å². The third kappa shape index (κ3) is 3.78. The van der Waals surface area contributed by atoms with E-state index in [2.05, 4.69) is 43.1 Å². The van der Waals surface area contributed by atoms with Crippen LogP contribution in [0.1, 0.15) is 66.0 Å². The minimum absolute atomic E-state index is 0.00708. The van der Waals surface area contributed by atoms with E-state index in [-0.39, 0.29) is 29.7 Å². The van der Waals surface area contributed by atoms with E-state index in [1.165, 1.54) is 5.56 Å². The van der Waals surface area contributed by atoms with Gasteiger partial charge in [0.25, 0.3) is 5.91 Å². The minimum Gasteiger partial charge on any atom is -0.507 e. The molecule has 1 aliphatic rings. The summed E-state index contributed by atoms with van der Waals surface area (Å²) in [6.07, 6.45) is 0.469. The molecular weight excluding hydrogens is 426 g/mol. The highest BCUT2D eigenvalue weighted by Gasteiger charge is 2.42. The molecule has 32 heavy (non-hydrogen) atoms. The molecule has 1 aromatic heterocycles. The fraction of sp³-hybridized carbons (Fsp3) is 0.360. The number of benzene rings is 2. The minimum atomic E-state index is -0.383. The fourth-order valence-electron chi connectivity index (χ4n) is 4.24. The maximum absolute atomic E-state index is 13.2. The number of aliphatic hydroxyl groups is 1. The molecule has 0 fully saturated rings. The van der Waals surface area contributed by atoms with E-state index in [0.717, 1.165) is 11.1 Å². The van der Waals surface area contributed by atoms with Gasteiger partial charge in [0.15, 0.2) is 0 Å². The number of H-pyrrole nitrogens is 1. The summed E-state index contributed by atoms with van der Waals surface area (Å²) in [5.41, 5.74) is 5.01. The molecule has 0 unspecified atom stereocenters. The zero-order chi connectivity index (χ0) is 23.2. The number of aromatic nitrogens is 2. The van der Waals surface area contributed by atoms with Crippen LogP contribution in [0.3, 0.4) is 0 Å². The zero-order valence-corrected chi connectivity index (χ0v) is 19.5. The smallest absolute Gasteiger partial charge is 0.273 e. The molecular formula is C25H28ClN3O3. The lowest BCUT2D eigenvalue weighted by molar-refractivity contribution is 0.0732. The molecule has 0 saturated carbocycles. The Hall–Kier alpha value is -2.83. The second-order valence-corrected chi connectivity index (χ2v) is 9.74. The lowest BCUT2D eigenvalue weighted by Gasteiger charge is -2.27. The average molecular weight is 454 g/mol. The lowest BCUT2D eigenvalue weighted by atomic mass is 9.85. The van der Waals surface area contributed by atoms with Gasteiger partial charge in [-0.1, -0.05) is 56.6 Å². The number of rotatable bonds is 5. The number of phenolic OH excluding ortho intramolecular Hbond substituents is 1. The summed E-state index contributed by atoms with van der Waals surface area (Å²) in [6, 6.07) is 11.2. The fourth-order valence-corrected chi connectivity index (χ4v) is 4.41. The molecule has 7 heteroatoms. The van der Waals surface area contributed by atoms with Gasteiger partial charge in [-0.15, -0.1) is 0 Å². The Morgan fingerprint density at radius 3 is 2.50 bits per heavy atom. The number of phenols is 1. The molecule has 1 atom stereocenters. The van der Waals surface area contributed by atoms with Crippen LogP contribution in [0.5, 0.6) is 5.75 Å². The number of aliphatic hydroxyl groups excluding tert-OH is 1. The first-order valence-electron chi connectivity index (χ1n) is 10.7. The highest BCUT2D eigenvalue weighted by atomic mass is 35.5. The van der Waals surface area contributed by atoms with Gasteiger partial charge in [0.2, 0.25) is 0 Å². The summed E-state index contributed by atoms with van der Waals surface area (Å²) < 4.78 is 0. The molecule has 0 saturated heterocycles. The van der Waals surface area contributed by atoms with Gasteiger partial charge in [-0.05, 0) is 47.6 Å². The molecule has 3 N–H and O–H groups in total. The summed E-state index contributed by atoms with van der Waals surface area (Å²) >= 11 is 6.34.